The van der Waals surface area contributed by atoms with Crippen LogP contribution in [0.5, 0.6) is 0 Å². The lowest BCUT2D eigenvalue weighted by Crippen LogP contribution is -2.37. The van der Waals surface area contributed by atoms with E-state index in [0.29, 0.717) is 13.1 Å². The Balaban J connectivity index is 2.05. The SMILES string of the molecule is C[C@H](CS(=O)(=O)c1ccc(F)cc1)C(=O)N1CC[C@H](N)C1. The van der Waals surface area contributed by atoms with E-state index in [2.05, 4.69) is 0 Å². The van der Waals surface area contributed by atoms with Crippen LogP contribution in [0.25, 0.3) is 0 Å². The van der Waals surface area contributed by atoms with Gasteiger partial charge in [-0.3, -0.25) is 4.79 Å². The maximum absolute atomic E-state index is 12.8. The molecule has 116 valence electrons. The van der Waals surface area contributed by atoms with Crippen molar-refractivity contribution in [2.75, 3.05) is 18.8 Å². The lowest BCUT2D eigenvalue weighted by molar-refractivity contribution is -0.133. The van der Waals surface area contributed by atoms with Gasteiger partial charge in [0.1, 0.15) is 5.82 Å². The number of likely N-dealkylation sites (tertiary alicyclic amines) is 1. The van der Waals surface area contributed by atoms with Crippen LogP contribution in [0.1, 0.15) is 13.3 Å². The molecule has 2 atom stereocenters. The maximum Gasteiger partial charge on any atom is 0.226 e. The topological polar surface area (TPSA) is 80.5 Å². The summed E-state index contributed by atoms with van der Waals surface area (Å²) >= 11 is 0. The number of hydrogen-bond donors (Lipinski definition) is 1. The highest BCUT2D eigenvalue weighted by Crippen LogP contribution is 2.18. The van der Waals surface area contributed by atoms with E-state index >= 15 is 0 Å². The molecular weight excluding hydrogens is 295 g/mol. The van der Waals surface area contributed by atoms with E-state index in [1.165, 1.54) is 12.1 Å². The Labute approximate surface area is 123 Å². The van der Waals surface area contributed by atoms with Crippen molar-refractivity contribution in [3.63, 3.8) is 0 Å². The highest BCUT2D eigenvalue weighted by Gasteiger charge is 2.30. The Bertz CT molecular complexity index is 616. The fraction of sp³-hybridized carbons (Fsp3) is 0.500. The third kappa shape index (κ3) is 3.79. The second kappa shape index (κ2) is 6.11. The van der Waals surface area contributed by atoms with E-state index in [-0.39, 0.29) is 22.6 Å². The van der Waals surface area contributed by atoms with Gasteiger partial charge >= 0.3 is 0 Å². The van der Waals surface area contributed by atoms with E-state index in [0.717, 1.165) is 18.6 Å². The molecule has 0 aromatic heterocycles. The summed E-state index contributed by atoms with van der Waals surface area (Å²) in [5.41, 5.74) is 5.75. The number of amides is 1. The van der Waals surface area contributed by atoms with Crippen LogP contribution in [0.2, 0.25) is 0 Å². The summed E-state index contributed by atoms with van der Waals surface area (Å²) in [4.78, 5) is 13.8. The standard InChI is InChI=1S/C14H19FN2O3S/c1-10(14(18)17-7-6-12(16)8-17)9-21(19,20)13-4-2-11(15)3-5-13/h2-5,10,12H,6-9,16H2,1H3/t10-,12+/m1/s1. The number of sulfone groups is 1. The molecule has 1 aliphatic heterocycles. The molecule has 0 spiro atoms. The van der Waals surface area contributed by atoms with Gasteiger partial charge in [-0.15, -0.1) is 0 Å². The molecule has 21 heavy (non-hydrogen) atoms. The average molecular weight is 314 g/mol. The van der Waals surface area contributed by atoms with E-state index < -0.39 is 21.6 Å². The Morgan fingerprint density at radius 1 is 1.43 bits per heavy atom. The molecule has 1 aliphatic rings. The average Bonchev–Trinajstić information content (AvgIpc) is 2.84. The van der Waals surface area contributed by atoms with Gasteiger partial charge in [0.25, 0.3) is 0 Å². The van der Waals surface area contributed by atoms with Gasteiger partial charge in [0.2, 0.25) is 5.91 Å². The fourth-order valence-corrected chi connectivity index (χ4v) is 3.98. The summed E-state index contributed by atoms with van der Waals surface area (Å²) in [6, 6.07) is 4.59. The largest absolute Gasteiger partial charge is 0.341 e. The number of carbonyl (C=O) groups is 1. The molecular formula is C14H19FN2O3S. The van der Waals surface area contributed by atoms with Crippen LogP contribution in [0.4, 0.5) is 4.39 Å². The highest BCUT2D eigenvalue weighted by molar-refractivity contribution is 7.91. The minimum absolute atomic E-state index is 0.0293. The van der Waals surface area contributed by atoms with Crippen LogP contribution in [0.15, 0.2) is 29.2 Å². The van der Waals surface area contributed by atoms with Gasteiger partial charge in [0.05, 0.1) is 10.6 Å². The molecule has 0 bridgehead atoms. The van der Waals surface area contributed by atoms with Gasteiger partial charge in [-0.1, -0.05) is 6.92 Å². The lowest BCUT2D eigenvalue weighted by atomic mass is 10.2. The molecule has 1 aromatic carbocycles. The van der Waals surface area contributed by atoms with Gasteiger partial charge in [0, 0.05) is 25.0 Å². The number of nitrogens with zero attached hydrogens (tertiary/aromatic N) is 1. The first-order valence-corrected chi connectivity index (χ1v) is 8.47. The predicted octanol–water partition coefficient (Wildman–Crippen LogP) is 0.795. The molecule has 7 heteroatoms. The first kappa shape index (κ1) is 15.9. The number of hydrogen-bond acceptors (Lipinski definition) is 4. The molecule has 1 amide bonds. The van der Waals surface area contributed by atoms with Crippen molar-refractivity contribution in [2.45, 2.75) is 24.3 Å². The van der Waals surface area contributed by atoms with Crippen LogP contribution in [-0.4, -0.2) is 44.1 Å². The van der Waals surface area contributed by atoms with E-state index in [9.17, 15) is 17.6 Å². The van der Waals surface area contributed by atoms with Crippen LogP contribution in [0, 0.1) is 11.7 Å². The molecule has 0 aliphatic carbocycles. The number of benzene rings is 1. The zero-order valence-corrected chi connectivity index (χ0v) is 12.6. The monoisotopic (exact) mass is 314 g/mol. The summed E-state index contributed by atoms with van der Waals surface area (Å²) in [5, 5.41) is 0. The quantitative estimate of drug-likeness (QED) is 0.834. The molecule has 0 radical (unpaired) electrons. The van der Waals surface area contributed by atoms with Crippen molar-refractivity contribution >= 4 is 15.7 Å². The Kier molecular flexibility index (Phi) is 4.63. The van der Waals surface area contributed by atoms with E-state index in [1.807, 2.05) is 0 Å². The van der Waals surface area contributed by atoms with Crippen molar-refractivity contribution in [3.05, 3.63) is 30.1 Å². The molecule has 1 aromatic rings. The van der Waals surface area contributed by atoms with Gasteiger partial charge < -0.3 is 10.6 Å². The van der Waals surface area contributed by atoms with E-state index in [1.54, 1.807) is 11.8 Å². The van der Waals surface area contributed by atoms with Crippen molar-refractivity contribution in [3.8, 4) is 0 Å². The van der Waals surface area contributed by atoms with Gasteiger partial charge in [-0.2, -0.15) is 0 Å². The lowest BCUT2D eigenvalue weighted by Gasteiger charge is -2.20. The molecule has 1 heterocycles. The normalized spacial score (nSPS) is 20.5. The second-order valence-electron chi connectivity index (χ2n) is 5.47. The predicted molar refractivity (Wildman–Crippen MR) is 76.8 cm³/mol. The summed E-state index contributed by atoms with van der Waals surface area (Å²) in [6.45, 7) is 2.63. The van der Waals surface area contributed by atoms with Crippen LogP contribution in [0.3, 0.4) is 0 Å². The zero-order chi connectivity index (χ0) is 15.6. The Morgan fingerprint density at radius 3 is 2.57 bits per heavy atom. The van der Waals surface area contributed by atoms with E-state index in [4.69, 9.17) is 5.73 Å². The second-order valence-corrected chi connectivity index (χ2v) is 7.50. The van der Waals surface area contributed by atoms with Crippen LogP contribution >= 0.6 is 0 Å². The molecule has 0 saturated carbocycles. The first-order valence-electron chi connectivity index (χ1n) is 6.82. The van der Waals surface area contributed by atoms with Crippen molar-refractivity contribution < 1.29 is 17.6 Å². The summed E-state index contributed by atoms with van der Waals surface area (Å²) in [5.74, 6) is -1.63. The molecule has 2 rings (SSSR count). The van der Waals surface area contributed by atoms with Crippen LogP contribution < -0.4 is 5.73 Å². The number of nitrogens with two attached hydrogens (primary N) is 1. The highest BCUT2D eigenvalue weighted by atomic mass is 32.2. The molecule has 0 unspecified atom stereocenters. The van der Waals surface area contributed by atoms with Gasteiger partial charge in [-0.05, 0) is 30.7 Å². The summed E-state index contributed by atoms with van der Waals surface area (Å²) in [7, 11) is -3.61. The molecule has 5 nitrogen and oxygen atoms in total. The van der Waals surface area contributed by atoms with Crippen LogP contribution in [-0.2, 0) is 14.6 Å². The van der Waals surface area contributed by atoms with Gasteiger partial charge in [-0.25, -0.2) is 12.8 Å². The first-order chi connectivity index (χ1) is 9.79. The summed E-state index contributed by atoms with van der Waals surface area (Å²) < 4.78 is 37.3. The van der Waals surface area contributed by atoms with Crippen molar-refractivity contribution in [1.29, 1.82) is 0 Å². The molecule has 2 N–H and O–H groups in total. The minimum Gasteiger partial charge on any atom is -0.341 e. The Morgan fingerprint density at radius 2 is 2.05 bits per heavy atom. The maximum atomic E-state index is 12.8. The third-order valence-electron chi connectivity index (χ3n) is 3.60. The minimum atomic E-state index is -3.61. The molecule has 1 fully saturated rings. The number of halogens is 1. The fourth-order valence-electron chi connectivity index (χ4n) is 2.44. The van der Waals surface area contributed by atoms with Gasteiger partial charge in [0.15, 0.2) is 9.84 Å². The summed E-state index contributed by atoms with van der Waals surface area (Å²) in [6.07, 6.45) is 0.739. The number of rotatable bonds is 4. The van der Waals surface area contributed by atoms with Crippen molar-refractivity contribution in [2.24, 2.45) is 11.7 Å². The smallest absolute Gasteiger partial charge is 0.226 e. The van der Waals surface area contributed by atoms with Crippen molar-refractivity contribution in [1.82, 2.24) is 4.90 Å². The third-order valence-corrected chi connectivity index (χ3v) is 5.53. The molecule has 1 saturated heterocycles. The number of carbonyl (C=O) groups excluding carboxylic acids is 1. The Hall–Kier alpha value is -1.47. The zero-order valence-electron chi connectivity index (χ0n) is 11.8.